The van der Waals surface area contributed by atoms with Crippen molar-refractivity contribution in [2.45, 2.75) is 50.3 Å². The van der Waals surface area contributed by atoms with E-state index in [1.165, 1.54) is 37.4 Å². The van der Waals surface area contributed by atoms with Gasteiger partial charge in [-0.15, -0.1) is 0 Å². The van der Waals surface area contributed by atoms with Crippen molar-refractivity contribution in [3.8, 4) is 0 Å². The SMILES string of the molecule is C[C@@H](CO)[C@]1(C)SC(N[C@H]2C[C@H]3CC[C@H]2C3)=NC1=O. The number of nitrogens with one attached hydrogen (secondary N) is 1. The standard InChI is InChI=1S/C14H22N2O2S/c1-8(7-17)14(2)12(18)16-13(19-14)15-11-6-9-3-4-10(11)5-9/h8-11,17H,3-7H2,1-2H3,(H,15,16,18)/t8-,9-,10-,11-,14-/m0/s1. The van der Waals surface area contributed by atoms with E-state index in [2.05, 4.69) is 10.3 Å². The maximum atomic E-state index is 12.1. The fraction of sp³-hybridized carbons (Fsp3) is 0.857. The summed E-state index contributed by atoms with van der Waals surface area (Å²) < 4.78 is -0.602. The van der Waals surface area contributed by atoms with Crippen LogP contribution in [0.1, 0.15) is 39.5 Å². The first-order valence-electron chi connectivity index (χ1n) is 7.22. The van der Waals surface area contributed by atoms with Crippen molar-refractivity contribution in [1.29, 1.82) is 0 Å². The van der Waals surface area contributed by atoms with E-state index in [4.69, 9.17) is 0 Å². The maximum absolute atomic E-state index is 12.1. The summed E-state index contributed by atoms with van der Waals surface area (Å²) in [5.74, 6) is 1.47. The zero-order valence-electron chi connectivity index (χ0n) is 11.6. The lowest BCUT2D eigenvalue weighted by molar-refractivity contribution is -0.120. The summed E-state index contributed by atoms with van der Waals surface area (Å²) >= 11 is 1.50. The van der Waals surface area contributed by atoms with E-state index in [1.54, 1.807) is 0 Å². The number of aliphatic imine (C=N–C) groups is 1. The molecular formula is C14H22N2O2S. The number of rotatable bonds is 3. The van der Waals surface area contributed by atoms with E-state index >= 15 is 0 Å². The average molecular weight is 282 g/mol. The number of hydrogen-bond acceptors (Lipinski definition) is 4. The number of thioether (sulfide) groups is 1. The van der Waals surface area contributed by atoms with Crippen LogP contribution in [0.3, 0.4) is 0 Å². The summed E-state index contributed by atoms with van der Waals surface area (Å²) in [7, 11) is 0. The lowest BCUT2D eigenvalue weighted by Gasteiger charge is -2.27. The van der Waals surface area contributed by atoms with Crippen molar-refractivity contribution in [1.82, 2.24) is 5.32 Å². The highest BCUT2D eigenvalue weighted by Gasteiger charge is 2.47. The molecule has 2 bridgehead atoms. The Balaban J connectivity index is 1.65. The van der Waals surface area contributed by atoms with E-state index in [-0.39, 0.29) is 18.4 Å². The molecule has 3 rings (SSSR count). The molecule has 5 heteroatoms. The summed E-state index contributed by atoms with van der Waals surface area (Å²) in [6.45, 7) is 3.81. The third kappa shape index (κ3) is 2.21. The van der Waals surface area contributed by atoms with Gasteiger partial charge >= 0.3 is 0 Å². The fourth-order valence-corrected chi connectivity index (χ4v) is 4.75. The number of fused-ring (bicyclic) bond motifs is 2. The maximum Gasteiger partial charge on any atom is 0.264 e. The molecule has 1 aliphatic heterocycles. The van der Waals surface area contributed by atoms with Gasteiger partial charge < -0.3 is 10.4 Å². The minimum absolute atomic E-state index is 0.0200. The van der Waals surface area contributed by atoms with Gasteiger partial charge in [0.25, 0.3) is 5.91 Å². The summed E-state index contributed by atoms with van der Waals surface area (Å²) in [4.78, 5) is 16.3. The molecule has 5 atom stereocenters. The second-order valence-corrected chi connectivity index (χ2v) is 7.88. The van der Waals surface area contributed by atoms with Crippen LogP contribution < -0.4 is 5.32 Å². The quantitative estimate of drug-likeness (QED) is 0.828. The number of amidine groups is 1. The minimum atomic E-state index is -0.602. The van der Waals surface area contributed by atoms with Gasteiger partial charge in [-0.25, -0.2) is 0 Å². The summed E-state index contributed by atoms with van der Waals surface area (Å²) in [6.07, 6.45) is 5.26. The normalized spacial score (nSPS) is 42.6. The van der Waals surface area contributed by atoms with Crippen molar-refractivity contribution in [3.63, 3.8) is 0 Å². The number of aliphatic hydroxyl groups excluding tert-OH is 1. The van der Waals surface area contributed by atoms with Crippen LogP contribution in [0.4, 0.5) is 0 Å². The Hall–Kier alpha value is -0.550. The predicted molar refractivity (Wildman–Crippen MR) is 77.1 cm³/mol. The van der Waals surface area contributed by atoms with E-state index in [1.807, 2.05) is 13.8 Å². The van der Waals surface area contributed by atoms with E-state index < -0.39 is 4.75 Å². The summed E-state index contributed by atoms with van der Waals surface area (Å²) in [5.41, 5.74) is 0. The first-order chi connectivity index (χ1) is 9.03. The molecule has 106 valence electrons. The number of carbonyl (C=O) groups excluding carboxylic acids is 1. The van der Waals surface area contributed by atoms with Gasteiger partial charge in [0.15, 0.2) is 5.17 Å². The van der Waals surface area contributed by atoms with Crippen molar-refractivity contribution in [2.24, 2.45) is 22.7 Å². The van der Waals surface area contributed by atoms with Gasteiger partial charge in [0.1, 0.15) is 4.75 Å². The average Bonchev–Trinajstić information content (AvgIpc) is 3.05. The third-order valence-electron chi connectivity index (χ3n) is 5.20. The number of amides is 1. The molecule has 4 nitrogen and oxygen atoms in total. The molecule has 1 amide bonds. The second-order valence-electron chi connectivity index (χ2n) is 6.44. The Morgan fingerprint density at radius 2 is 2.32 bits per heavy atom. The summed E-state index contributed by atoms with van der Waals surface area (Å²) in [5, 5.41) is 13.6. The van der Waals surface area contributed by atoms with Crippen molar-refractivity contribution in [3.05, 3.63) is 0 Å². The smallest absolute Gasteiger partial charge is 0.264 e. The van der Waals surface area contributed by atoms with Crippen molar-refractivity contribution >= 4 is 22.8 Å². The molecule has 0 unspecified atom stereocenters. The molecule has 0 aromatic carbocycles. The lowest BCUT2D eigenvalue weighted by Crippen LogP contribution is -2.39. The highest BCUT2D eigenvalue weighted by Crippen LogP contribution is 2.46. The van der Waals surface area contributed by atoms with Gasteiger partial charge in [-0.3, -0.25) is 4.79 Å². The molecule has 3 aliphatic rings. The predicted octanol–water partition coefficient (Wildman–Crippen LogP) is 1.78. The molecule has 0 spiro atoms. The van der Waals surface area contributed by atoms with Crippen LogP contribution in [-0.2, 0) is 4.79 Å². The molecule has 2 fully saturated rings. The number of carbonyl (C=O) groups is 1. The molecule has 0 saturated heterocycles. The zero-order chi connectivity index (χ0) is 13.6. The van der Waals surface area contributed by atoms with Gasteiger partial charge in [-0.2, -0.15) is 4.99 Å². The van der Waals surface area contributed by atoms with Gasteiger partial charge in [0, 0.05) is 18.6 Å². The van der Waals surface area contributed by atoms with Crippen LogP contribution in [0.5, 0.6) is 0 Å². The van der Waals surface area contributed by atoms with Crippen LogP contribution in [0.2, 0.25) is 0 Å². The lowest BCUT2D eigenvalue weighted by atomic mass is 9.95. The highest BCUT2D eigenvalue weighted by molar-refractivity contribution is 8.16. The van der Waals surface area contributed by atoms with Gasteiger partial charge in [0.2, 0.25) is 0 Å². The van der Waals surface area contributed by atoms with E-state index in [0.717, 1.165) is 17.0 Å². The zero-order valence-corrected chi connectivity index (χ0v) is 12.4. The molecule has 2 saturated carbocycles. The molecular weight excluding hydrogens is 260 g/mol. The third-order valence-corrected chi connectivity index (χ3v) is 6.60. The van der Waals surface area contributed by atoms with Crippen LogP contribution >= 0.6 is 11.8 Å². The number of nitrogens with zero attached hydrogens (tertiary/aromatic N) is 1. The van der Waals surface area contributed by atoms with Crippen LogP contribution in [0, 0.1) is 17.8 Å². The Morgan fingerprint density at radius 1 is 1.53 bits per heavy atom. The van der Waals surface area contributed by atoms with Crippen LogP contribution in [0.25, 0.3) is 0 Å². The minimum Gasteiger partial charge on any atom is -0.396 e. The number of hydrogen-bond donors (Lipinski definition) is 2. The highest BCUT2D eigenvalue weighted by atomic mass is 32.2. The Labute approximate surface area is 118 Å². The Bertz CT molecular complexity index is 426. The Kier molecular flexibility index (Phi) is 3.38. The molecule has 0 aromatic rings. The van der Waals surface area contributed by atoms with Crippen LogP contribution in [-0.4, -0.2) is 33.6 Å². The first kappa shape index (κ1) is 13.4. The second kappa shape index (κ2) is 4.77. The molecule has 2 aliphatic carbocycles. The fourth-order valence-electron chi connectivity index (χ4n) is 3.60. The number of aliphatic hydroxyl groups is 1. The van der Waals surface area contributed by atoms with Crippen molar-refractivity contribution < 1.29 is 9.90 Å². The van der Waals surface area contributed by atoms with E-state index in [0.29, 0.717) is 6.04 Å². The first-order valence-corrected chi connectivity index (χ1v) is 8.04. The molecule has 1 heterocycles. The van der Waals surface area contributed by atoms with Crippen molar-refractivity contribution in [2.75, 3.05) is 6.61 Å². The largest absolute Gasteiger partial charge is 0.396 e. The van der Waals surface area contributed by atoms with E-state index in [9.17, 15) is 9.90 Å². The van der Waals surface area contributed by atoms with Crippen LogP contribution in [0.15, 0.2) is 4.99 Å². The molecule has 0 aromatic heterocycles. The summed E-state index contributed by atoms with van der Waals surface area (Å²) in [6, 6.07) is 0.504. The van der Waals surface area contributed by atoms with Gasteiger partial charge in [-0.1, -0.05) is 25.1 Å². The topological polar surface area (TPSA) is 61.7 Å². The molecule has 19 heavy (non-hydrogen) atoms. The monoisotopic (exact) mass is 282 g/mol. The Morgan fingerprint density at radius 3 is 2.89 bits per heavy atom. The van der Waals surface area contributed by atoms with Gasteiger partial charge in [-0.05, 0) is 38.0 Å². The molecule has 2 N–H and O–H groups in total. The van der Waals surface area contributed by atoms with Gasteiger partial charge in [0.05, 0.1) is 0 Å². The molecule has 0 radical (unpaired) electrons.